The van der Waals surface area contributed by atoms with Crippen LogP contribution in [0.4, 0.5) is 0 Å². The van der Waals surface area contributed by atoms with Gasteiger partial charge in [-0.25, -0.2) is 0 Å². The molecule has 0 heterocycles. The van der Waals surface area contributed by atoms with Crippen molar-refractivity contribution in [3.8, 4) is 0 Å². The molecule has 2 bridgehead atoms. The van der Waals surface area contributed by atoms with Gasteiger partial charge in [0, 0.05) is 10.9 Å². The SMILES string of the molecule is O=C(O)[C@@]12C[C@H](c3ccccc31)c1ccc(Cl)cc12. The van der Waals surface area contributed by atoms with Crippen LogP contribution in [0.1, 0.15) is 34.6 Å². The minimum atomic E-state index is -0.901. The third-order valence-corrected chi connectivity index (χ3v) is 4.76. The summed E-state index contributed by atoms with van der Waals surface area (Å²) in [7, 11) is 0. The monoisotopic (exact) mass is 270 g/mol. The molecule has 0 unspecified atom stereocenters. The van der Waals surface area contributed by atoms with Crippen molar-refractivity contribution in [3.63, 3.8) is 0 Å². The second-order valence-corrected chi connectivity index (χ2v) is 5.72. The third kappa shape index (κ3) is 1.15. The molecule has 2 aromatic carbocycles. The van der Waals surface area contributed by atoms with Crippen molar-refractivity contribution in [3.05, 3.63) is 69.7 Å². The molecule has 2 nitrogen and oxygen atoms in total. The second kappa shape index (κ2) is 3.40. The molecule has 0 saturated heterocycles. The fourth-order valence-electron chi connectivity index (χ4n) is 3.77. The molecular formula is C16H11ClO2. The number of carboxylic acids is 1. The smallest absolute Gasteiger partial charge is 0.318 e. The Morgan fingerprint density at radius 3 is 2.68 bits per heavy atom. The maximum Gasteiger partial charge on any atom is 0.318 e. The molecule has 0 saturated carbocycles. The van der Waals surface area contributed by atoms with Gasteiger partial charge < -0.3 is 5.11 Å². The average molecular weight is 271 g/mol. The Balaban J connectivity index is 2.10. The van der Waals surface area contributed by atoms with Gasteiger partial charge in [0.2, 0.25) is 0 Å². The van der Waals surface area contributed by atoms with Gasteiger partial charge in [-0.05, 0) is 40.8 Å². The Morgan fingerprint density at radius 2 is 1.89 bits per heavy atom. The number of fused-ring (bicyclic) bond motifs is 8. The number of rotatable bonds is 1. The fourth-order valence-corrected chi connectivity index (χ4v) is 3.94. The summed E-state index contributed by atoms with van der Waals surface area (Å²) in [5.74, 6) is -0.581. The highest BCUT2D eigenvalue weighted by Crippen LogP contribution is 2.60. The Labute approximate surface area is 115 Å². The number of benzene rings is 2. The highest BCUT2D eigenvalue weighted by Gasteiger charge is 2.57. The van der Waals surface area contributed by atoms with Crippen LogP contribution in [0.25, 0.3) is 0 Å². The summed E-state index contributed by atoms with van der Waals surface area (Å²) in [5.41, 5.74) is 3.17. The molecule has 94 valence electrons. The quantitative estimate of drug-likeness (QED) is 0.860. The Hall–Kier alpha value is -1.80. The molecule has 0 fully saturated rings. The Kier molecular flexibility index (Phi) is 1.98. The lowest BCUT2D eigenvalue weighted by molar-refractivity contribution is -0.141. The van der Waals surface area contributed by atoms with Crippen molar-refractivity contribution < 1.29 is 9.90 Å². The molecule has 2 aliphatic rings. The zero-order valence-corrected chi connectivity index (χ0v) is 10.8. The third-order valence-electron chi connectivity index (χ3n) is 4.52. The Bertz CT molecular complexity index is 722. The topological polar surface area (TPSA) is 37.3 Å². The normalized spacial score (nSPS) is 26.1. The molecule has 1 N–H and O–H groups in total. The van der Waals surface area contributed by atoms with Gasteiger partial charge in [-0.2, -0.15) is 0 Å². The van der Waals surface area contributed by atoms with E-state index in [9.17, 15) is 9.90 Å². The molecule has 2 aliphatic carbocycles. The van der Waals surface area contributed by atoms with E-state index in [1.807, 2.05) is 42.5 Å². The maximum atomic E-state index is 12.0. The van der Waals surface area contributed by atoms with Crippen LogP contribution in [0.15, 0.2) is 42.5 Å². The van der Waals surface area contributed by atoms with Gasteiger partial charge in [-0.3, -0.25) is 4.79 Å². The van der Waals surface area contributed by atoms with Crippen molar-refractivity contribution in [2.45, 2.75) is 17.8 Å². The van der Waals surface area contributed by atoms with E-state index >= 15 is 0 Å². The summed E-state index contributed by atoms with van der Waals surface area (Å²) in [6, 6.07) is 13.5. The molecule has 19 heavy (non-hydrogen) atoms. The first kappa shape index (κ1) is 11.1. The van der Waals surface area contributed by atoms with E-state index in [-0.39, 0.29) is 5.92 Å². The van der Waals surface area contributed by atoms with Gasteiger partial charge >= 0.3 is 5.97 Å². The van der Waals surface area contributed by atoms with Crippen molar-refractivity contribution >= 4 is 17.6 Å². The van der Waals surface area contributed by atoms with Gasteiger partial charge in [0.15, 0.2) is 0 Å². The van der Waals surface area contributed by atoms with Gasteiger partial charge in [-0.15, -0.1) is 0 Å². The number of carboxylic acid groups (broad SMARTS) is 1. The summed E-state index contributed by atoms with van der Waals surface area (Å²) in [6.07, 6.45) is 0.622. The predicted octanol–water partition coefficient (Wildman–Crippen LogP) is 3.56. The van der Waals surface area contributed by atoms with Crippen LogP contribution in [0, 0.1) is 0 Å². The largest absolute Gasteiger partial charge is 0.480 e. The number of halogens is 1. The molecule has 3 heteroatoms. The summed E-state index contributed by atoms with van der Waals surface area (Å²) in [5, 5.41) is 10.4. The second-order valence-electron chi connectivity index (χ2n) is 5.29. The van der Waals surface area contributed by atoms with E-state index in [0.29, 0.717) is 11.4 Å². The molecule has 0 amide bonds. The molecule has 0 aromatic heterocycles. The number of hydrogen-bond acceptors (Lipinski definition) is 1. The van der Waals surface area contributed by atoms with E-state index in [1.165, 1.54) is 0 Å². The standard InChI is InChI=1S/C16H11ClO2/c17-9-5-6-11-12-8-16(15(18)19,14(11)7-9)13-4-2-1-3-10(12)13/h1-7,12H,8H2,(H,18,19)/t12-,16+/m1/s1. The Morgan fingerprint density at radius 1 is 1.16 bits per heavy atom. The summed E-state index contributed by atoms with van der Waals surface area (Å²) >= 11 is 6.06. The van der Waals surface area contributed by atoms with Crippen LogP contribution < -0.4 is 0 Å². The molecule has 4 rings (SSSR count). The first-order valence-corrected chi connectivity index (χ1v) is 6.65. The summed E-state index contributed by atoms with van der Waals surface area (Å²) < 4.78 is 0. The van der Waals surface area contributed by atoms with Crippen LogP contribution in [-0.2, 0) is 10.2 Å². The van der Waals surface area contributed by atoms with E-state index in [4.69, 9.17) is 11.6 Å². The summed E-state index contributed by atoms with van der Waals surface area (Å²) in [4.78, 5) is 12.0. The summed E-state index contributed by atoms with van der Waals surface area (Å²) in [6.45, 7) is 0. The molecule has 2 aromatic rings. The molecular weight excluding hydrogens is 260 g/mol. The van der Waals surface area contributed by atoms with Crippen molar-refractivity contribution in [2.24, 2.45) is 0 Å². The van der Waals surface area contributed by atoms with Gasteiger partial charge in [-0.1, -0.05) is 41.9 Å². The van der Waals surface area contributed by atoms with E-state index in [1.54, 1.807) is 0 Å². The van der Waals surface area contributed by atoms with Gasteiger partial charge in [0.25, 0.3) is 0 Å². The van der Waals surface area contributed by atoms with Crippen LogP contribution in [0.5, 0.6) is 0 Å². The van der Waals surface area contributed by atoms with Crippen molar-refractivity contribution in [1.82, 2.24) is 0 Å². The first-order chi connectivity index (χ1) is 9.14. The highest BCUT2D eigenvalue weighted by molar-refractivity contribution is 6.30. The molecule has 2 atom stereocenters. The van der Waals surface area contributed by atoms with Crippen molar-refractivity contribution in [2.75, 3.05) is 0 Å². The number of hydrogen-bond donors (Lipinski definition) is 1. The van der Waals surface area contributed by atoms with Crippen LogP contribution in [0.2, 0.25) is 5.02 Å². The van der Waals surface area contributed by atoms with E-state index in [2.05, 4.69) is 0 Å². The maximum absolute atomic E-state index is 12.0. The van der Waals surface area contributed by atoms with Crippen LogP contribution in [0.3, 0.4) is 0 Å². The van der Waals surface area contributed by atoms with E-state index in [0.717, 1.165) is 22.3 Å². The van der Waals surface area contributed by atoms with Crippen molar-refractivity contribution in [1.29, 1.82) is 0 Å². The number of carbonyl (C=O) groups is 1. The molecule has 0 radical (unpaired) electrons. The van der Waals surface area contributed by atoms with E-state index < -0.39 is 11.4 Å². The zero-order chi connectivity index (χ0) is 13.2. The van der Waals surface area contributed by atoms with Crippen LogP contribution in [-0.4, -0.2) is 11.1 Å². The first-order valence-electron chi connectivity index (χ1n) is 6.27. The zero-order valence-electron chi connectivity index (χ0n) is 10.1. The lowest BCUT2D eigenvalue weighted by Crippen LogP contribution is -2.33. The number of aliphatic carboxylic acids is 1. The molecule has 0 aliphatic heterocycles. The lowest BCUT2D eigenvalue weighted by Gasteiger charge is -2.27. The van der Waals surface area contributed by atoms with Gasteiger partial charge in [0.1, 0.15) is 5.41 Å². The van der Waals surface area contributed by atoms with Crippen LogP contribution >= 0.6 is 11.6 Å². The van der Waals surface area contributed by atoms with Gasteiger partial charge in [0.05, 0.1) is 0 Å². The predicted molar refractivity (Wildman–Crippen MR) is 72.8 cm³/mol. The minimum absolute atomic E-state index is 0.194. The highest BCUT2D eigenvalue weighted by atomic mass is 35.5. The lowest BCUT2D eigenvalue weighted by atomic mass is 9.75. The average Bonchev–Trinajstić information content (AvgIpc) is 2.92. The fraction of sp³-hybridized carbons (Fsp3) is 0.188. The minimum Gasteiger partial charge on any atom is -0.480 e. The molecule has 0 spiro atoms.